The number of hydrogen-bond acceptors (Lipinski definition) is 4. The van der Waals surface area contributed by atoms with Crippen molar-refractivity contribution in [2.75, 3.05) is 13.2 Å². The number of nitrogens with one attached hydrogen (secondary N) is 2. The Morgan fingerprint density at radius 1 is 1.00 bits per heavy atom. The standard InChI is InChI=1S/C28H32N2O5/c1-18(27(32)33)14-15-29-26(31)16-19-8-2-7-13-25(19)30-28(34)35-17-24-22-11-5-3-9-20(22)21-10-4-6-12-23(21)24/h3-6,9-12,14,19,24-25H,2,7-8,13,15-17H2,1H3,(H,29,31)(H,30,34)(H,32,33)/b18-14+/t19-,25-/m1/s1. The summed E-state index contributed by atoms with van der Waals surface area (Å²) < 4.78 is 5.70. The second-order valence-electron chi connectivity index (χ2n) is 9.32. The summed E-state index contributed by atoms with van der Waals surface area (Å²) in [5.74, 6) is -1.12. The van der Waals surface area contributed by atoms with Crippen LogP contribution < -0.4 is 10.6 Å². The van der Waals surface area contributed by atoms with Crippen molar-refractivity contribution in [2.45, 2.75) is 51.0 Å². The fraction of sp³-hybridized carbons (Fsp3) is 0.393. The molecule has 184 valence electrons. The first kappa shape index (κ1) is 24.5. The molecule has 0 spiro atoms. The van der Waals surface area contributed by atoms with Gasteiger partial charge in [0.15, 0.2) is 0 Å². The van der Waals surface area contributed by atoms with Gasteiger partial charge < -0.3 is 20.5 Å². The highest BCUT2D eigenvalue weighted by molar-refractivity contribution is 5.86. The molecule has 0 radical (unpaired) electrons. The van der Waals surface area contributed by atoms with Crippen LogP contribution in [-0.2, 0) is 14.3 Å². The van der Waals surface area contributed by atoms with Crippen molar-refractivity contribution in [3.8, 4) is 11.1 Å². The highest BCUT2D eigenvalue weighted by Gasteiger charge is 2.31. The second-order valence-corrected chi connectivity index (χ2v) is 9.32. The van der Waals surface area contributed by atoms with Crippen LogP contribution in [0.15, 0.2) is 60.2 Å². The Kier molecular flexibility index (Phi) is 7.85. The summed E-state index contributed by atoms with van der Waals surface area (Å²) in [4.78, 5) is 36.0. The lowest BCUT2D eigenvalue weighted by Gasteiger charge is -2.31. The van der Waals surface area contributed by atoms with E-state index < -0.39 is 12.1 Å². The van der Waals surface area contributed by atoms with Gasteiger partial charge in [-0.1, -0.05) is 67.4 Å². The van der Waals surface area contributed by atoms with Crippen LogP contribution in [0.2, 0.25) is 0 Å². The van der Waals surface area contributed by atoms with Gasteiger partial charge in [0.25, 0.3) is 0 Å². The molecule has 3 N–H and O–H groups in total. The van der Waals surface area contributed by atoms with E-state index in [-0.39, 0.29) is 48.9 Å². The van der Waals surface area contributed by atoms with Crippen LogP contribution in [0.25, 0.3) is 11.1 Å². The van der Waals surface area contributed by atoms with E-state index in [2.05, 4.69) is 34.9 Å². The van der Waals surface area contributed by atoms with Crippen LogP contribution in [0.3, 0.4) is 0 Å². The summed E-state index contributed by atoms with van der Waals surface area (Å²) in [7, 11) is 0. The van der Waals surface area contributed by atoms with E-state index in [1.165, 1.54) is 35.3 Å². The number of fused-ring (bicyclic) bond motifs is 3. The molecule has 0 saturated heterocycles. The maximum Gasteiger partial charge on any atom is 0.407 e. The number of ether oxygens (including phenoxy) is 1. The second kappa shape index (κ2) is 11.2. The molecule has 0 aromatic heterocycles. The van der Waals surface area contributed by atoms with Crippen LogP contribution in [-0.4, -0.2) is 42.3 Å². The molecule has 0 heterocycles. The molecule has 7 heteroatoms. The van der Waals surface area contributed by atoms with Crippen LogP contribution >= 0.6 is 0 Å². The van der Waals surface area contributed by atoms with Gasteiger partial charge in [-0.25, -0.2) is 9.59 Å². The monoisotopic (exact) mass is 476 g/mol. The zero-order valence-electron chi connectivity index (χ0n) is 20.0. The zero-order chi connectivity index (χ0) is 24.8. The molecule has 35 heavy (non-hydrogen) atoms. The van der Waals surface area contributed by atoms with E-state index in [1.54, 1.807) is 0 Å². The SMILES string of the molecule is C/C(=C\CNC(=O)C[C@H]1CCCC[C@H]1NC(=O)OCC1c2ccccc2-c2ccccc21)C(=O)O. The lowest BCUT2D eigenvalue weighted by Crippen LogP contribution is -2.44. The van der Waals surface area contributed by atoms with E-state index >= 15 is 0 Å². The van der Waals surface area contributed by atoms with Crippen LogP contribution in [0.4, 0.5) is 4.79 Å². The molecule has 7 nitrogen and oxygen atoms in total. The molecule has 4 rings (SSSR count). The minimum absolute atomic E-state index is 0.00314. The summed E-state index contributed by atoms with van der Waals surface area (Å²) in [6.07, 6.45) is 4.98. The topological polar surface area (TPSA) is 105 Å². The average molecular weight is 477 g/mol. The Hall–Kier alpha value is -3.61. The predicted octanol–water partition coefficient (Wildman–Crippen LogP) is 4.62. The molecule has 2 atom stereocenters. The smallest absolute Gasteiger partial charge is 0.407 e. The molecule has 1 fully saturated rings. The summed E-state index contributed by atoms with van der Waals surface area (Å²) in [6.45, 7) is 1.92. The van der Waals surface area contributed by atoms with E-state index in [1.807, 2.05) is 24.3 Å². The van der Waals surface area contributed by atoms with Crippen molar-refractivity contribution in [1.82, 2.24) is 10.6 Å². The van der Waals surface area contributed by atoms with Crippen molar-refractivity contribution in [3.05, 3.63) is 71.3 Å². The summed E-state index contributed by atoms with van der Waals surface area (Å²) in [5, 5.41) is 14.7. The lowest BCUT2D eigenvalue weighted by molar-refractivity contribution is -0.132. The first-order valence-corrected chi connectivity index (χ1v) is 12.2. The van der Waals surface area contributed by atoms with Gasteiger partial charge in [-0.15, -0.1) is 0 Å². The Labute approximate surface area is 205 Å². The third-order valence-electron chi connectivity index (χ3n) is 7.05. The largest absolute Gasteiger partial charge is 0.478 e. The molecule has 0 bridgehead atoms. The van der Waals surface area contributed by atoms with Gasteiger partial charge in [0.05, 0.1) is 0 Å². The third kappa shape index (κ3) is 5.91. The molecule has 0 unspecified atom stereocenters. The molecule has 2 aliphatic rings. The Morgan fingerprint density at radius 2 is 1.63 bits per heavy atom. The number of carbonyl (C=O) groups excluding carboxylic acids is 2. The zero-order valence-corrected chi connectivity index (χ0v) is 20.0. The maximum absolute atomic E-state index is 12.7. The number of rotatable bonds is 8. The molecule has 2 aliphatic carbocycles. The molecule has 2 amide bonds. The number of aliphatic carboxylic acids is 1. The van der Waals surface area contributed by atoms with Crippen molar-refractivity contribution < 1.29 is 24.2 Å². The van der Waals surface area contributed by atoms with Gasteiger partial charge in [-0.2, -0.15) is 0 Å². The van der Waals surface area contributed by atoms with E-state index in [4.69, 9.17) is 9.84 Å². The van der Waals surface area contributed by atoms with E-state index in [0.29, 0.717) is 0 Å². The highest BCUT2D eigenvalue weighted by atomic mass is 16.5. The Morgan fingerprint density at radius 3 is 2.29 bits per heavy atom. The van der Waals surface area contributed by atoms with E-state index in [0.717, 1.165) is 25.7 Å². The maximum atomic E-state index is 12.7. The van der Waals surface area contributed by atoms with Crippen molar-refractivity contribution in [3.63, 3.8) is 0 Å². The summed E-state index contributed by atoms with van der Waals surface area (Å²) in [6, 6.07) is 16.3. The third-order valence-corrected chi connectivity index (χ3v) is 7.05. The first-order chi connectivity index (χ1) is 16.9. The van der Waals surface area contributed by atoms with E-state index in [9.17, 15) is 14.4 Å². The molecule has 2 aromatic carbocycles. The van der Waals surface area contributed by atoms with Gasteiger partial charge in [-0.3, -0.25) is 4.79 Å². The van der Waals surface area contributed by atoms with Crippen LogP contribution in [0, 0.1) is 5.92 Å². The van der Waals surface area contributed by atoms with Crippen molar-refractivity contribution in [1.29, 1.82) is 0 Å². The number of benzene rings is 2. The lowest BCUT2D eigenvalue weighted by atomic mass is 9.82. The number of hydrogen-bond donors (Lipinski definition) is 3. The highest BCUT2D eigenvalue weighted by Crippen LogP contribution is 2.44. The van der Waals surface area contributed by atoms with Gasteiger partial charge in [0.2, 0.25) is 5.91 Å². The molecule has 0 aliphatic heterocycles. The minimum Gasteiger partial charge on any atom is -0.478 e. The summed E-state index contributed by atoms with van der Waals surface area (Å²) >= 11 is 0. The van der Waals surface area contributed by atoms with Gasteiger partial charge >= 0.3 is 12.1 Å². The Balaban J connectivity index is 1.31. The average Bonchev–Trinajstić information content (AvgIpc) is 3.17. The normalized spacial score (nSPS) is 19.4. The number of carbonyl (C=O) groups is 3. The molecular weight excluding hydrogens is 444 g/mol. The van der Waals surface area contributed by atoms with Crippen LogP contribution in [0.5, 0.6) is 0 Å². The van der Waals surface area contributed by atoms with Gasteiger partial charge in [-0.05, 0) is 47.9 Å². The number of carboxylic acid groups (broad SMARTS) is 1. The Bertz CT molecular complexity index is 1080. The molecule has 2 aromatic rings. The van der Waals surface area contributed by atoms with Gasteiger partial charge in [0.1, 0.15) is 6.61 Å². The van der Waals surface area contributed by atoms with Crippen molar-refractivity contribution >= 4 is 18.0 Å². The predicted molar refractivity (Wildman–Crippen MR) is 133 cm³/mol. The quantitative estimate of drug-likeness (QED) is 0.482. The molecular formula is C28H32N2O5. The molecule has 1 saturated carbocycles. The fourth-order valence-electron chi connectivity index (χ4n) is 5.15. The van der Waals surface area contributed by atoms with Crippen molar-refractivity contribution in [2.24, 2.45) is 5.92 Å². The number of alkyl carbamates (subject to hydrolysis) is 1. The summed E-state index contributed by atoms with van der Waals surface area (Å²) in [5.41, 5.74) is 4.90. The van der Waals surface area contributed by atoms with Gasteiger partial charge in [0, 0.05) is 30.5 Å². The number of amides is 2. The van der Waals surface area contributed by atoms with Crippen LogP contribution in [0.1, 0.15) is 56.1 Å². The number of carboxylic acids is 1. The minimum atomic E-state index is -1.00. The fourth-order valence-corrected chi connectivity index (χ4v) is 5.15. The first-order valence-electron chi connectivity index (χ1n) is 12.2.